The number of nitrogens with one attached hydrogen (secondary N) is 4. The first kappa shape index (κ1) is 51.9. The van der Waals surface area contributed by atoms with Crippen molar-refractivity contribution in [2.45, 2.75) is 139 Å². The quantitative estimate of drug-likeness (QED) is 0.0609. The summed E-state index contributed by atoms with van der Waals surface area (Å²) in [7, 11) is 0. The van der Waals surface area contributed by atoms with Crippen molar-refractivity contribution in [2.75, 3.05) is 6.54 Å². The van der Waals surface area contributed by atoms with E-state index in [9.17, 15) is 19.2 Å². The first-order valence-corrected chi connectivity index (χ1v) is 25.4. The Bertz CT molecular complexity index is 2540. The van der Waals surface area contributed by atoms with Gasteiger partial charge in [0.2, 0.25) is 0 Å². The molecule has 2 aliphatic carbocycles. The third-order valence-corrected chi connectivity index (χ3v) is 13.6. The highest BCUT2D eigenvalue weighted by Gasteiger charge is 2.63. The molecule has 0 aromatic heterocycles. The lowest BCUT2D eigenvalue weighted by Crippen LogP contribution is -2.73. The molecule has 4 amide bonds. The lowest BCUT2D eigenvalue weighted by atomic mass is 9.81. The molecule has 9 rings (SSSR count). The molecule has 17 heteroatoms. The molecule has 2 saturated carbocycles. The fourth-order valence-electron chi connectivity index (χ4n) is 9.90. The van der Waals surface area contributed by atoms with Gasteiger partial charge in [0.25, 0.3) is 0 Å². The number of carbonyl (C=O) groups excluding carboxylic acids is 4. The Labute approximate surface area is 430 Å². The Balaban J connectivity index is 1.04. The molecule has 4 aliphatic rings. The van der Waals surface area contributed by atoms with Crippen LogP contribution in [0.3, 0.4) is 0 Å². The van der Waals surface area contributed by atoms with E-state index in [1.54, 1.807) is 0 Å². The van der Waals surface area contributed by atoms with Gasteiger partial charge in [0.05, 0.1) is 30.8 Å². The normalized spacial score (nSPS) is 24.8. The van der Waals surface area contributed by atoms with Crippen LogP contribution in [-0.4, -0.2) is 91.6 Å². The number of carbonyl (C=O) groups is 4. The second-order valence-electron chi connectivity index (χ2n) is 18.9. The Morgan fingerprint density at radius 3 is 1.41 bits per heavy atom. The highest BCUT2D eigenvalue weighted by Crippen LogP contribution is 2.47. The van der Waals surface area contributed by atoms with Crippen LogP contribution >= 0.6 is 0 Å². The zero-order valence-corrected chi connectivity index (χ0v) is 41.1. The van der Waals surface area contributed by atoms with Crippen LogP contribution in [0.15, 0.2) is 152 Å². The van der Waals surface area contributed by atoms with Crippen molar-refractivity contribution in [3.8, 4) is 0 Å². The first-order chi connectivity index (χ1) is 36.3. The molecule has 2 heterocycles. The number of benzene rings is 5. The SMILES string of the molecule is O=C(NC[C@@H]1CCC(NC(=O)OCc2ccccc2)[C@@H](OC2C3OC4(CCCCC4)O[C@H]3[C@H](NC(=O)OCc3ccccc3)C(OCc3ccccc3)[C@@H]2NC(=O)OCc2ccccc2)O1)OCc1ccccc1. The summed E-state index contributed by atoms with van der Waals surface area (Å²) in [5.74, 6) is -1.06. The molecule has 4 fully saturated rings. The number of hydrogen-bond acceptors (Lipinski definition) is 13. The van der Waals surface area contributed by atoms with Gasteiger partial charge in [0.15, 0.2) is 12.1 Å². The number of alkyl carbamates (subject to hydrolysis) is 4. The van der Waals surface area contributed by atoms with Gasteiger partial charge in [-0.25, -0.2) is 19.2 Å². The van der Waals surface area contributed by atoms with Gasteiger partial charge in [-0.2, -0.15) is 0 Å². The first-order valence-electron chi connectivity index (χ1n) is 25.4. The van der Waals surface area contributed by atoms with Gasteiger partial charge in [-0.05, 0) is 53.5 Å². The summed E-state index contributed by atoms with van der Waals surface area (Å²) in [6.07, 6.45) is -4.32. The molecule has 5 aromatic carbocycles. The highest BCUT2D eigenvalue weighted by atomic mass is 16.8. The molecule has 4 N–H and O–H groups in total. The number of rotatable bonds is 18. The second-order valence-corrected chi connectivity index (χ2v) is 18.9. The Hall–Kier alpha value is -7.02. The van der Waals surface area contributed by atoms with E-state index in [0.29, 0.717) is 25.7 Å². The lowest BCUT2D eigenvalue weighted by molar-refractivity contribution is -0.264. The summed E-state index contributed by atoms with van der Waals surface area (Å²) in [4.78, 5) is 55.0. The van der Waals surface area contributed by atoms with Gasteiger partial charge in [-0.15, -0.1) is 0 Å². The zero-order chi connectivity index (χ0) is 51.0. The van der Waals surface area contributed by atoms with E-state index in [1.807, 2.05) is 152 Å². The molecule has 2 saturated heterocycles. The number of ether oxygens (including phenoxy) is 9. The Morgan fingerprint density at radius 1 is 0.473 bits per heavy atom. The second kappa shape index (κ2) is 25.8. The van der Waals surface area contributed by atoms with Crippen LogP contribution in [0.5, 0.6) is 0 Å². The molecular weight excluding hydrogens is 949 g/mol. The predicted octanol–water partition coefficient (Wildman–Crippen LogP) is 8.73. The summed E-state index contributed by atoms with van der Waals surface area (Å²) in [6.45, 7) is 0.139. The Morgan fingerprint density at radius 2 is 0.905 bits per heavy atom. The van der Waals surface area contributed by atoms with Gasteiger partial charge >= 0.3 is 24.4 Å². The molecule has 390 valence electrons. The molecule has 0 radical (unpaired) electrons. The van der Waals surface area contributed by atoms with E-state index in [-0.39, 0.29) is 39.6 Å². The van der Waals surface area contributed by atoms with E-state index in [1.165, 1.54) is 0 Å². The maximum atomic E-state index is 14.3. The van der Waals surface area contributed by atoms with Crippen molar-refractivity contribution in [3.05, 3.63) is 179 Å². The van der Waals surface area contributed by atoms with Gasteiger partial charge in [-0.3, -0.25) is 0 Å². The largest absolute Gasteiger partial charge is 0.445 e. The number of hydrogen-bond donors (Lipinski definition) is 4. The highest BCUT2D eigenvalue weighted by molar-refractivity contribution is 5.70. The predicted molar refractivity (Wildman–Crippen MR) is 269 cm³/mol. The van der Waals surface area contributed by atoms with Gasteiger partial charge in [-0.1, -0.05) is 158 Å². The van der Waals surface area contributed by atoms with Crippen molar-refractivity contribution in [1.82, 2.24) is 21.3 Å². The molecular formula is C57H64N4O13. The van der Waals surface area contributed by atoms with Crippen LogP contribution in [-0.2, 0) is 75.7 Å². The number of fused-ring (bicyclic) bond motifs is 1. The molecule has 74 heavy (non-hydrogen) atoms. The molecule has 0 bridgehead atoms. The number of amides is 4. The van der Waals surface area contributed by atoms with Crippen molar-refractivity contribution in [2.24, 2.45) is 0 Å². The van der Waals surface area contributed by atoms with Crippen LogP contribution in [0, 0.1) is 0 Å². The molecule has 1 spiro atoms. The summed E-state index contributed by atoms with van der Waals surface area (Å²) >= 11 is 0. The van der Waals surface area contributed by atoms with Gasteiger partial charge < -0.3 is 63.9 Å². The minimum Gasteiger partial charge on any atom is -0.445 e. The zero-order valence-electron chi connectivity index (χ0n) is 41.1. The van der Waals surface area contributed by atoms with E-state index < -0.39 is 85.1 Å². The average molecular weight is 1010 g/mol. The maximum Gasteiger partial charge on any atom is 0.407 e. The van der Waals surface area contributed by atoms with E-state index >= 15 is 0 Å². The average Bonchev–Trinajstić information content (AvgIpc) is 3.80. The minimum atomic E-state index is -1.22. The van der Waals surface area contributed by atoms with Crippen LogP contribution in [0.25, 0.3) is 0 Å². The van der Waals surface area contributed by atoms with E-state index in [4.69, 9.17) is 42.6 Å². The lowest BCUT2D eigenvalue weighted by Gasteiger charge is -2.49. The van der Waals surface area contributed by atoms with E-state index in [0.717, 1.165) is 47.1 Å². The third kappa shape index (κ3) is 14.4. The minimum absolute atomic E-state index is 0.00842. The summed E-state index contributed by atoms with van der Waals surface area (Å²) in [5, 5.41) is 11.9. The van der Waals surface area contributed by atoms with Crippen LogP contribution in [0.2, 0.25) is 0 Å². The van der Waals surface area contributed by atoms with Crippen molar-refractivity contribution in [1.29, 1.82) is 0 Å². The van der Waals surface area contributed by atoms with Crippen LogP contribution in [0.4, 0.5) is 19.2 Å². The molecule has 2 aliphatic heterocycles. The Kier molecular flexibility index (Phi) is 18.1. The van der Waals surface area contributed by atoms with Gasteiger partial charge in [0, 0.05) is 19.4 Å². The fourth-order valence-corrected chi connectivity index (χ4v) is 9.90. The maximum absolute atomic E-state index is 14.3. The smallest absolute Gasteiger partial charge is 0.407 e. The fraction of sp³-hybridized carbons (Fsp3) is 0.404. The van der Waals surface area contributed by atoms with Gasteiger partial charge in [0.1, 0.15) is 50.8 Å². The van der Waals surface area contributed by atoms with Crippen LogP contribution in [0.1, 0.15) is 72.8 Å². The van der Waals surface area contributed by atoms with Crippen LogP contribution < -0.4 is 21.3 Å². The molecule has 4 unspecified atom stereocenters. The monoisotopic (exact) mass is 1010 g/mol. The molecule has 5 aromatic rings. The summed E-state index contributed by atoms with van der Waals surface area (Å²) in [5.41, 5.74) is 3.99. The molecule has 9 atom stereocenters. The van der Waals surface area contributed by atoms with Crippen molar-refractivity contribution in [3.63, 3.8) is 0 Å². The summed E-state index contributed by atoms with van der Waals surface area (Å²) in [6, 6.07) is 43.8. The van der Waals surface area contributed by atoms with Crippen molar-refractivity contribution >= 4 is 24.4 Å². The van der Waals surface area contributed by atoms with E-state index in [2.05, 4.69) is 21.3 Å². The topological polar surface area (TPSA) is 199 Å². The van der Waals surface area contributed by atoms with Crippen molar-refractivity contribution < 1.29 is 61.8 Å². The summed E-state index contributed by atoms with van der Waals surface area (Å²) < 4.78 is 57.8. The molecule has 17 nitrogen and oxygen atoms in total. The third-order valence-electron chi connectivity index (χ3n) is 13.6. The standard InChI is InChI=1S/C57H64N4O13/c62-53(67-35-40-21-9-2-10-22-40)58-33-44-29-30-45(59-54(63)68-36-41-23-11-3-12-24-41)52(71-44)72-49-46(60-55(64)69-37-42-25-13-4-14-26-42)48(66-34-39-19-7-1-8-20-39)47(61-56(65)70-38-43-27-15-5-16-28-43)50-51(49)74-57(73-50)31-17-6-18-32-57/h1-5,7-16,19-28,44-52H,6,17-18,29-38H2,(H,58,62)(H,59,63)(H,60,64)(H,61,65)/t44-,45?,46-,47+,48?,49?,50-,51?,52+/m0/s1.